The molecule has 0 saturated carbocycles. The number of imidazole rings is 1. The van der Waals surface area contributed by atoms with E-state index in [1.165, 1.54) is 10.9 Å². The fourth-order valence-electron chi connectivity index (χ4n) is 4.60. The van der Waals surface area contributed by atoms with Crippen molar-refractivity contribution in [2.24, 2.45) is 0 Å². The van der Waals surface area contributed by atoms with Crippen LogP contribution in [0.4, 0.5) is 5.82 Å². The second kappa shape index (κ2) is 14.9. The first kappa shape index (κ1) is 38.8. The maximum absolute atomic E-state index is 12.3. The highest BCUT2D eigenvalue weighted by Crippen LogP contribution is 2.68. The summed E-state index contributed by atoms with van der Waals surface area (Å²) in [6.07, 6.45) is -9.99. The Morgan fingerprint density at radius 3 is 2.00 bits per heavy atom. The second-order valence-corrected chi connectivity index (χ2v) is 15.9. The molecule has 2 aliphatic rings. The molecule has 0 amide bonds. The Morgan fingerprint density at radius 1 is 0.840 bits per heavy atom. The van der Waals surface area contributed by atoms with Crippen molar-refractivity contribution in [1.82, 2.24) is 29.1 Å². The molecule has 0 bridgehead atoms. The smallest absolute Gasteiger partial charge is 0.387 e. The predicted octanol–water partition coefficient (Wildman–Crippen LogP) is -3.20. The van der Waals surface area contributed by atoms with Crippen molar-refractivity contribution in [3.8, 4) is 0 Å². The number of hydrogen-bond acceptors (Lipinski definition) is 21. The van der Waals surface area contributed by atoms with Gasteiger partial charge in [0.2, 0.25) is 0 Å². The van der Waals surface area contributed by atoms with Crippen LogP contribution in [0.25, 0.3) is 11.2 Å². The Morgan fingerprint density at radius 2 is 1.40 bits per heavy atom. The molecule has 50 heavy (non-hydrogen) atoms. The molecular formula is C19H27N7O20P4. The van der Waals surface area contributed by atoms with Gasteiger partial charge in [-0.05, 0) is 0 Å². The van der Waals surface area contributed by atoms with Gasteiger partial charge in [0.1, 0.15) is 48.5 Å². The molecule has 0 radical (unpaired) electrons. The molecule has 0 aliphatic carbocycles. The highest BCUT2D eigenvalue weighted by atomic mass is 31.3. The van der Waals surface area contributed by atoms with E-state index in [2.05, 4.69) is 36.9 Å². The number of nitrogens with one attached hydrogen (secondary N) is 1. The van der Waals surface area contributed by atoms with E-state index in [0.29, 0.717) is 4.57 Å². The van der Waals surface area contributed by atoms with Gasteiger partial charge in [0, 0.05) is 12.3 Å². The van der Waals surface area contributed by atoms with Gasteiger partial charge in [-0.2, -0.15) is 4.31 Å². The van der Waals surface area contributed by atoms with Gasteiger partial charge in [0.05, 0.1) is 19.5 Å². The number of phosphoric ester groups is 2. The Labute approximate surface area is 277 Å². The van der Waals surface area contributed by atoms with E-state index in [-0.39, 0.29) is 17.0 Å². The largest absolute Gasteiger partial charge is 0.488 e. The van der Waals surface area contributed by atoms with Crippen LogP contribution in [-0.4, -0.2) is 119 Å². The number of anilines is 1. The minimum absolute atomic E-state index is 0.00689. The van der Waals surface area contributed by atoms with E-state index in [1.807, 2.05) is 4.98 Å². The fourth-order valence-corrected chi connectivity index (χ4v) is 8.87. The summed E-state index contributed by atoms with van der Waals surface area (Å²) >= 11 is 0. The third kappa shape index (κ3) is 8.77. The van der Waals surface area contributed by atoms with Gasteiger partial charge in [0.15, 0.2) is 23.9 Å². The summed E-state index contributed by atoms with van der Waals surface area (Å²) in [6, 6.07) is 0.900. The number of aromatic nitrogens is 6. The average molecular weight is 797 g/mol. The molecule has 2 saturated heterocycles. The zero-order valence-corrected chi connectivity index (χ0v) is 28.0. The van der Waals surface area contributed by atoms with Crippen molar-refractivity contribution in [3.05, 3.63) is 45.8 Å². The summed E-state index contributed by atoms with van der Waals surface area (Å²) in [6.45, 7) is -2.10. The van der Waals surface area contributed by atoms with Gasteiger partial charge in [-0.25, -0.2) is 42.1 Å². The summed E-state index contributed by atoms with van der Waals surface area (Å²) in [5.41, 5.74) is 4.16. The number of fused-ring (bicyclic) bond motifs is 1. The SMILES string of the molecule is Nc1ncnc2c1ncn2[C@@H]1O[C@H](COP(=O)(O)OP(O)OP(=O)(O)OP(=O)(O)OC[C@H]2O[C@@H](n3ccc(=O)[nH]c3=O)[C@H](O)[C@@H]2O)[C@@H](O)[C@H]1O. The van der Waals surface area contributed by atoms with Gasteiger partial charge in [-0.3, -0.25) is 28.0 Å². The maximum atomic E-state index is 12.3. The van der Waals surface area contributed by atoms with Crippen LogP contribution >= 0.6 is 32.1 Å². The standard InChI is InChI=1S/C19H27N7O20P4/c20-15-10-16(22-5-21-15)26(6-23-10)18-14(31)12(29)7(43-18)3-40-48(34,35)44-47(33)45-50(38,39)46-49(36,37)41-4-8-11(28)13(30)17(42-8)25-2-1-9(27)24-19(25)32/h1-2,5-8,11-14,17-18,28-31,33H,3-4H2,(H,34,35)(H,36,37)(H,38,39)(H2,20,21,22)(H,24,27,32)/t7-,8-,11-,12-,13-,14-,17-,18-,47?/m1/s1. The van der Waals surface area contributed by atoms with Crippen LogP contribution in [0.1, 0.15) is 12.5 Å². The van der Waals surface area contributed by atoms with Crippen LogP contribution in [0.5, 0.6) is 0 Å². The number of aliphatic hydroxyl groups is 4. The molecule has 4 unspecified atom stereocenters. The number of nitrogens with zero attached hydrogens (tertiary/aromatic N) is 5. The Balaban J connectivity index is 1.11. The van der Waals surface area contributed by atoms with Crippen LogP contribution in [0.2, 0.25) is 0 Å². The lowest BCUT2D eigenvalue weighted by atomic mass is 10.1. The molecule has 2 fully saturated rings. The van der Waals surface area contributed by atoms with Crippen LogP contribution in [0.15, 0.2) is 34.5 Å². The van der Waals surface area contributed by atoms with Gasteiger partial charge in [-0.15, -0.1) is 0 Å². The Bertz CT molecular complexity index is 1960. The molecule has 12 atom stereocenters. The molecule has 5 heterocycles. The van der Waals surface area contributed by atoms with Crippen molar-refractivity contribution in [2.45, 2.75) is 49.1 Å². The van der Waals surface area contributed by atoms with Gasteiger partial charge >= 0.3 is 37.8 Å². The third-order valence-corrected chi connectivity index (χ3v) is 12.2. The first-order valence-electron chi connectivity index (χ1n) is 13.4. The topological polar surface area (TPSA) is 402 Å². The zero-order chi connectivity index (χ0) is 36.8. The van der Waals surface area contributed by atoms with Crippen molar-refractivity contribution in [3.63, 3.8) is 0 Å². The average Bonchev–Trinajstić information content (AvgIpc) is 3.64. The van der Waals surface area contributed by atoms with Crippen molar-refractivity contribution in [2.75, 3.05) is 18.9 Å². The number of phosphoric acid groups is 3. The van der Waals surface area contributed by atoms with E-state index in [9.17, 15) is 63.3 Å². The highest BCUT2D eigenvalue weighted by molar-refractivity contribution is 7.67. The summed E-state index contributed by atoms with van der Waals surface area (Å²) < 4.78 is 70.8. The Kier molecular flexibility index (Phi) is 11.5. The molecule has 31 heteroatoms. The summed E-state index contributed by atoms with van der Waals surface area (Å²) in [5.74, 6) is 0.00689. The summed E-state index contributed by atoms with van der Waals surface area (Å²) in [5, 5.41) is 41.3. The zero-order valence-electron chi connectivity index (χ0n) is 24.4. The fraction of sp³-hybridized carbons (Fsp3) is 0.526. The van der Waals surface area contributed by atoms with E-state index < -0.39 is 106 Å². The number of aromatic amines is 1. The molecular weight excluding hydrogens is 770 g/mol. The predicted molar refractivity (Wildman–Crippen MR) is 157 cm³/mol. The van der Waals surface area contributed by atoms with E-state index in [1.54, 1.807) is 0 Å². The molecule has 0 aromatic carbocycles. The quantitative estimate of drug-likeness (QED) is 0.0718. The summed E-state index contributed by atoms with van der Waals surface area (Å²) in [4.78, 5) is 76.3. The molecule has 5 rings (SSSR count). The minimum atomic E-state index is -5.86. The second-order valence-electron chi connectivity index (χ2n) is 10.2. The normalized spacial score (nSPS) is 31.3. The lowest BCUT2D eigenvalue weighted by Crippen LogP contribution is -2.37. The molecule has 11 N–H and O–H groups in total. The minimum Gasteiger partial charge on any atom is -0.387 e. The van der Waals surface area contributed by atoms with E-state index in [4.69, 9.17) is 15.2 Å². The number of aliphatic hydroxyl groups excluding tert-OH is 4. The van der Waals surface area contributed by atoms with Gasteiger partial charge in [0.25, 0.3) is 5.56 Å². The van der Waals surface area contributed by atoms with Crippen molar-refractivity contribution in [1.29, 1.82) is 0 Å². The molecule has 2 aliphatic heterocycles. The first-order valence-corrected chi connectivity index (χ1v) is 19.0. The summed E-state index contributed by atoms with van der Waals surface area (Å²) in [7, 11) is -20.8. The Hall–Kier alpha value is -2.45. The first-order chi connectivity index (χ1) is 23.3. The van der Waals surface area contributed by atoms with E-state index in [0.717, 1.165) is 18.6 Å². The van der Waals surface area contributed by atoms with Gasteiger partial charge in [-0.1, -0.05) is 0 Å². The maximum Gasteiger partial charge on any atom is 0.488 e. The van der Waals surface area contributed by atoms with Crippen molar-refractivity contribution < 1.29 is 85.1 Å². The molecule has 3 aromatic heterocycles. The van der Waals surface area contributed by atoms with Crippen LogP contribution in [0, 0.1) is 0 Å². The van der Waals surface area contributed by atoms with Crippen LogP contribution in [0.3, 0.4) is 0 Å². The monoisotopic (exact) mass is 797 g/mol. The number of hydrogen-bond donors (Lipinski definition) is 10. The number of rotatable bonds is 14. The van der Waals surface area contributed by atoms with Crippen molar-refractivity contribution >= 4 is 49.1 Å². The molecule has 3 aromatic rings. The molecule has 0 spiro atoms. The van der Waals surface area contributed by atoms with E-state index >= 15 is 0 Å². The lowest BCUT2D eigenvalue weighted by Gasteiger charge is -2.21. The van der Waals surface area contributed by atoms with Gasteiger partial charge < -0.3 is 55.2 Å². The number of nitrogen functional groups attached to an aromatic ring is 1. The van der Waals surface area contributed by atoms with Crippen LogP contribution in [-0.2, 0) is 45.1 Å². The molecule has 278 valence electrons. The highest BCUT2D eigenvalue weighted by Gasteiger charge is 2.48. The van der Waals surface area contributed by atoms with Crippen LogP contribution < -0.4 is 17.0 Å². The lowest BCUT2D eigenvalue weighted by molar-refractivity contribution is -0.0542. The molecule has 27 nitrogen and oxygen atoms in total. The number of ether oxygens (including phenoxy) is 2. The third-order valence-electron chi connectivity index (χ3n) is 6.82. The number of H-pyrrole nitrogens is 1. The number of nitrogens with two attached hydrogens (primary N) is 1.